The van der Waals surface area contributed by atoms with E-state index in [1.807, 2.05) is 0 Å². The summed E-state index contributed by atoms with van der Waals surface area (Å²) in [6, 6.07) is 1.41. The lowest BCUT2D eigenvalue weighted by Crippen LogP contribution is -2.23. The summed E-state index contributed by atoms with van der Waals surface area (Å²) < 4.78 is 0. The van der Waals surface area contributed by atoms with E-state index in [-0.39, 0.29) is 16.7 Å². The Morgan fingerprint density at radius 1 is 1.47 bits per heavy atom. The Labute approximate surface area is 103 Å². The molecule has 17 heavy (non-hydrogen) atoms. The minimum absolute atomic E-state index is 0.0246. The second-order valence-electron chi connectivity index (χ2n) is 3.76. The number of carbonyl (C=O) groups excluding carboxylic acids is 1. The van der Waals surface area contributed by atoms with Crippen LogP contribution in [0.4, 0.5) is 5.69 Å². The summed E-state index contributed by atoms with van der Waals surface area (Å²) in [6.45, 7) is 0. The SMILES string of the molecule is O=C(O)c1cncc(NC(=O)C2CCCS2)c1. The van der Waals surface area contributed by atoms with Crippen molar-refractivity contribution in [3.8, 4) is 0 Å². The first kappa shape index (κ1) is 11.9. The largest absolute Gasteiger partial charge is 0.478 e. The quantitative estimate of drug-likeness (QED) is 0.854. The first-order valence-corrected chi connectivity index (χ1v) is 6.32. The minimum Gasteiger partial charge on any atom is -0.478 e. The van der Waals surface area contributed by atoms with Gasteiger partial charge in [-0.2, -0.15) is 0 Å². The van der Waals surface area contributed by atoms with E-state index < -0.39 is 5.97 Å². The maximum atomic E-state index is 11.8. The normalized spacial score (nSPS) is 18.9. The van der Waals surface area contributed by atoms with Gasteiger partial charge in [-0.15, -0.1) is 11.8 Å². The van der Waals surface area contributed by atoms with Crippen LogP contribution >= 0.6 is 11.8 Å². The van der Waals surface area contributed by atoms with E-state index >= 15 is 0 Å². The summed E-state index contributed by atoms with van der Waals surface area (Å²) in [6.07, 6.45) is 4.63. The molecule has 1 aromatic heterocycles. The maximum Gasteiger partial charge on any atom is 0.337 e. The number of hydrogen-bond acceptors (Lipinski definition) is 4. The van der Waals surface area contributed by atoms with E-state index in [0.29, 0.717) is 5.69 Å². The number of aromatic nitrogens is 1. The second kappa shape index (κ2) is 5.18. The lowest BCUT2D eigenvalue weighted by molar-refractivity contribution is -0.115. The van der Waals surface area contributed by atoms with Crippen molar-refractivity contribution in [3.63, 3.8) is 0 Å². The van der Waals surface area contributed by atoms with Gasteiger partial charge in [0.1, 0.15) is 0 Å². The van der Waals surface area contributed by atoms with E-state index in [4.69, 9.17) is 5.11 Å². The summed E-state index contributed by atoms with van der Waals surface area (Å²) in [5.74, 6) is -0.119. The monoisotopic (exact) mass is 252 g/mol. The highest BCUT2D eigenvalue weighted by Gasteiger charge is 2.23. The number of anilines is 1. The van der Waals surface area contributed by atoms with Gasteiger partial charge in [-0.3, -0.25) is 9.78 Å². The highest BCUT2D eigenvalue weighted by atomic mass is 32.2. The highest BCUT2D eigenvalue weighted by molar-refractivity contribution is 8.00. The molecule has 0 spiro atoms. The number of carboxylic acids is 1. The number of carboxylic acid groups (broad SMARTS) is 1. The Kier molecular flexibility index (Phi) is 3.63. The Morgan fingerprint density at radius 3 is 2.94 bits per heavy atom. The summed E-state index contributed by atoms with van der Waals surface area (Å²) >= 11 is 1.63. The summed E-state index contributed by atoms with van der Waals surface area (Å²) in [7, 11) is 0. The van der Waals surface area contributed by atoms with Gasteiger partial charge < -0.3 is 10.4 Å². The third-order valence-corrected chi connectivity index (χ3v) is 3.85. The van der Waals surface area contributed by atoms with Gasteiger partial charge in [-0.1, -0.05) is 0 Å². The van der Waals surface area contributed by atoms with Crippen LogP contribution in [-0.4, -0.2) is 33.0 Å². The molecule has 1 aromatic rings. The molecule has 90 valence electrons. The Balaban J connectivity index is 2.05. The zero-order valence-electron chi connectivity index (χ0n) is 9.05. The number of aromatic carboxylic acids is 1. The van der Waals surface area contributed by atoms with Gasteiger partial charge in [-0.05, 0) is 24.7 Å². The van der Waals surface area contributed by atoms with Crippen LogP contribution in [0.25, 0.3) is 0 Å². The first-order chi connectivity index (χ1) is 8.16. The fourth-order valence-electron chi connectivity index (χ4n) is 1.63. The molecule has 1 aliphatic rings. The van der Waals surface area contributed by atoms with E-state index in [0.717, 1.165) is 18.6 Å². The predicted octanol–water partition coefficient (Wildman–Crippen LogP) is 1.61. The molecular weight excluding hydrogens is 240 g/mol. The van der Waals surface area contributed by atoms with E-state index in [1.54, 1.807) is 11.8 Å². The van der Waals surface area contributed by atoms with Crippen molar-refractivity contribution in [3.05, 3.63) is 24.0 Å². The van der Waals surface area contributed by atoms with Crippen molar-refractivity contribution in [1.82, 2.24) is 4.98 Å². The predicted molar refractivity (Wildman–Crippen MR) is 65.3 cm³/mol. The van der Waals surface area contributed by atoms with E-state index in [9.17, 15) is 9.59 Å². The minimum atomic E-state index is -1.05. The molecule has 2 rings (SSSR count). The molecule has 6 heteroatoms. The molecule has 1 saturated heterocycles. The summed E-state index contributed by atoms with van der Waals surface area (Å²) in [5, 5.41) is 11.5. The lowest BCUT2D eigenvalue weighted by atomic mass is 10.2. The summed E-state index contributed by atoms with van der Waals surface area (Å²) in [4.78, 5) is 26.3. The van der Waals surface area contributed by atoms with Gasteiger partial charge >= 0.3 is 5.97 Å². The van der Waals surface area contributed by atoms with Crippen LogP contribution in [0, 0.1) is 0 Å². The standard InChI is InChI=1S/C11H12N2O3S/c14-10(9-2-1-3-17-9)13-8-4-7(11(15)16)5-12-6-8/h4-6,9H,1-3H2,(H,13,14)(H,15,16). The molecule has 0 saturated carbocycles. The number of hydrogen-bond donors (Lipinski definition) is 2. The number of pyridine rings is 1. The fourth-order valence-corrected chi connectivity index (χ4v) is 2.79. The Morgan fingerprint density at radius 2 is 2.29 bits per heavy atom. The average Bonchev–Trinajstić information content (AvgIpc) is 2.82. The molecule has 1 amide bonds. The van der Waals surface area contributed by atoms with Crippen molar-refractivity contribution >= 4 is 29.3 Å². The van der Waals surface area contributed by atoms with Crippen molar-refractivity contribution in [2.75, 3.05) is 11.1 Å². The van der Waals surface area contributed by atoms with Gasteiger partial charge in [0, 0.05) is 6.20 Å². The van der Waals surface area contributed by atoms with Crippen molar-refractivity contribution in [1.29, 1.82) is 0 Å². The van der Waals surface area contributed by atoms with Gasteiger partial charge in [-0.25, -0.2) is 4.79 Å². The van der Waals surface area contributed by atoms with Gasteiger partial charge in [0.25, 0.3) is 0 Å². The smallest absolute Gasteiger partial charge is 0.337 e. The topological polar surface area (TPSA) is 79.3 Å². The molecule has 0 aliphatic carbocycles. The number of nitrogens with zero attached hydrogens (tertiary/aromatic N) is 1. The molecule has 0 aromatic carbocycles. The van der Waals surface area contributed by atoms with Crippen LogP contribution in [0.1, 0.15) is 23.2 Å². The number of nitrogens with one attached hydrogen (secondary N) is 1. The molecule has 1 unspecified atom stereocenters. The second-order valence-corrected chi connectivity index (χ2v) is 5.07. The number of carbonyl (C=O) groups is 2. The highest BCUT2D eigenvalue weighted by Crippen LogP contribution is 2.27. The Bertz CT molecular complexity index is 444. The van der Waals surface area contributed by atoms with Gasteiger partial charge in [0.05, 0.1) is 22.7 Å². The van der Waals surface area contributed by atoms with E-state index in [2.05, 4.69) is 10.3 Å². The first-order valence-electron chi connectivity index (χ1n) is 5.27. The van der Waals surface area contributed by atoms with Crippen LogP contribution in [0.15, 0.2) is 18.5 Å². The van der Waals surface area contributed by atoms with Crippen LogP contribution in [0.3, 0.4) is 0 Å². The third kappa shape index (κ3) is 2.97. The van der Waals surface area contributed by atoms with Crippen LogP contribution in [0.2, 0.25) is 0 Å². The lowest BCUT2D eigenvalue weighted by Gasteiger charge is -2.09. The van der Waals surface area contributed by atoms with Crippen molar-refractivity contribution in [2.45, 2.75) is 18.1 Å². The summed E-state index contributed by atoms with van der Waals surface area (Å²) in [5.41, 5.74) is 0.504. The maximum absolute atomic E-state index is 11.8. The molecule has 5 nitrogen and oxygen atoms in total. The fraction of sp³-hybridized carbons (Fsp3) is 0.364. The molecule has 1 atom stereocenters. The Hall–Kier alpha value is -1.56. The van der Waals surface area contributed by atoms with Gasteiger partial charge in [0.15, 0.2) is 0 Å². The van der Waals surface area contributed by atoms with E-state index in [1.165, 1.54) is 18.5 Å². The van der Waals surface area contributed by atoms with Crippen LogP contribution in [0.5, 0.6) is 0 Å². The third-order valence-electron chi connectivity index (χ3n) is 2.47. The molecule has 1 aliphatic heterocycles. The zero-order chi connectivity index (χ0) is 12.3. The average molecular weight is 252 g/mol. The number of thioether (sulfide) groups is 1. The molecule has 2 N–H and O–H groups in total. The number of rotatable bonds is 3. The molecule has 0 bridgehead atoms. The van der Waals surface area contributed by atoms with Crippen molar-refractivity contribution < 1.29 is 14.7 Å². The van der Waals surface area contributed by atoms with Crippen molar-refractivity contribution in [2.24, 2.45) is 0 Å². The van der Waals surface area contributed by atoms with Gasteiger partial charge in [0.2, 0.25) is 5.91 Å². The van der Waals surface area contributed by atoms with Crippen LogP contribution < -0.4 is 5.32 Å². The molecular formula is C11H12N2O3S. The van der Waals surface area contributed by atoms with Crippen LogP contribution in [-0.2, 0) is 4.79 Å². The molecule has 2 heterocycles. The zero-order valence-corrected chi connectivity index (χ0v) is 9.87. The molecule has 0 radical (unpaired) electrons. The molecule has 1 fully saturated rings. The number of amides is 1.